The van der Waals surface area contributed by atoms with Crippen molar-refractivity contribution in [3.8, 4) is 0 Å². The summed E-state index contributed by atoms with van der Waals surface area (Å²) in [4.78, 5) is 14.5. The maximum atomic E-state index is 11.4. The second-order valence-corrected chi connectivity index (χ2v) is 5.85. The van der Waals surface area contributed by atoms with E-state index in [1.54, 1.807) is 0 Å². The standard InChI is InChI=1S/C15H20N2O2.ClH/c1-15(2,3)17-13(14(18)19)8-10-9-16-12-7-5-4-6-11(10)12;/h4-7,9,13,16-17H,8H2,1-3H3,(H,18,19);1H. The summed E-state index contributed by atoms with van der Waals surface area (Å²) < 4.78 is 0. The maximum Gasteiger partial charge on any atom is 0.321 e. The molecule has 0 bridgehead atoms. The molecule has 2 aromatic rings. The van der Waals surface area contributed by atoms with Gasteiger partial charge in [-0.15, -0.1) is 12.4 Å². The Morgan fingerprint density at radius 3 is 2.60 bits per heavy atom. The van der Waals surface area contributed by atoms with Crippen molar-refractivity contribution in [3.05, 3.63) is 36.0 Å². The molecule has 0 saturated heterocycles. The average molecular weight is 297 g/mol. The molecule has 5 heteroatoms. The highest BCUT2D eigenvalue weighted by Crippen LogP contribution is 2.19. The van der Waals surface area contributed by atoms with Gasteiger partial charge in [0, 0.05) is 29.1 Å². The molecule has 0 saturated carbocycles. The second-order valence-electron chi connectivity index (χ2n) is 5.85. The molecular formula is C15H21ClN2O2. The molecule has 1 aromatic heterocycles. The molecule has 110 valence electrons. The lowest BCUT2D eigenvalue weighted by atomic mass is 10.0. The normalized spacial score (nSPS) is 12.9. The second kappa shape index (κ2) is 6.29. The first kappa shape index (κ1) is 16.5. The van der Waals surface area contributed by atoms with Gasteiger partial charge >= 0.3 is 5.97 Å². The van der Waals surface area contributed by atoms with E-state index < -0.39 is 12.0 Å². The summed E-state index contributed by atoms with van der Waals surface area (Å²) in [5.41, 5.74) is 1.84. The lowest BCUT2D eigenvalue weighted by molar-refractivity contribution is -0.140. The van der Waals surface area contributed by atoms with Crippen molar-refractivity contribution < 1.29 is 9.90 Å². The van der Waals surface area contributed by atoms with Crippen LogP contribution in [0, 0.1) is 0 Å². The first-order chi connectivity index (χ1) is 8.87. The zero-order chi connectivity index (χ0) is 14.0. The molecular weight excluding hydrogens is 276 g/mol. The van der Waals surface area contributed by atoms with Crippen LogP contribution in [0.5, 0.6) is 0 Å². The number of carboxylic acid groups (broad SMARTS) is 1. The molecule has 0 aliphatic carbocycles. The lowest BCUT2D eigenvalue weighted by Gasteiger charge is -2.25. The number of rotatable bonds is 4. The van der Waals surface area contributed by atoms with E-state index in [2.05, 4.69) is 10.3 Å². The van der Waals surface area contributed by atoms with E-state index in [0.717, 1.165) is 16.5 Å². The number of para-hydroxylation sites is 1. The van der Waals surface area contributed by atoms with E-state index in [0.29, 0.717) is 6.42 Å². The fraction of sp³-hybridized carbons (Fsp3) is 0.400. The van der Waals surface area contributed by atoms with Gasteiger partial charge in [-0.3, -0.25) is 10.1 Å². The number of benzene rings is 1. The van der Waals surface area contributed by atoms with Crippen LogP contribution in [-0.4, -0.2) is 27.6 Å². The number of carbonyl (C=O) groups is 1. The molecule has 4 nitrogen and oxygen atoms in total. The van der Waals surface area contributed by atoms with Gasteiger partial charge in [-0.1, -0.05) is 18.2 Å². The molecule has 0 spiro atoms. The molecule has 3 N–H and O–H groups in total. The smallest absolute Gasteiger partial charge is 0.321 e. The summed E-state index contributed by atoms with van der Waals surface area (Å²) in [7, 11) is 0. The fourth-order valence-corrected chi connectivity index (χ4v) is 2.24. The molecule has 20 heavy (non-hydrogen) atoms. The van der Waals surface area contributed by atoms with Crippen molar-refractivity contribution in [1.82, 2.24) is 10.3 Å². The molecule has 2 rings (SSSR count). The molecule has 1 unspecified atom stereocenters. The van der Waals surface area contributed by atoms with Gasteiger partial charge in [-0.2, -0.15) is 0 Å². The number of nitrogens with one attached hydrogen (secondary N) is 2. The van der Waals surface area contributed by atoms with Crippen LogP contribution in [-0.2, 0) is 11.2 Å². The number of hydrogen-bond donors (Lipinski definition) is 3. The van der Waals surface area contributed by atoms with E-state index in [9.17, 15) is 9.90 Å². The molecule has 0 aliphatic heterocycles. The summed E-state index contributed by atoms with van der Waals surface area (Å²) in [6, 6.07) is 7.35. The summed E-state index contributed by atoms with van der Waals surface area (Å²) in [5.74, 6) is -0.819. The largest absolute Gasteiger partial charge is 0.480 e. The maximum absolute atomic E-state index is 11.4. The Kier molecular flexibility index (Phi) is 5.20. The first-order valence-electron chi connectivity index (χ1n) is 6.42. The predicted octanol–water partition coefficient (Wildman–Crippen LogP) is 2.97. The average Bonchev–Trinajstić information content (AvgIpc) is 2.70. The van der Waals surface area contributed by atoms with Crippen LogP contribution in [0.25, 0.3) is 10.9 Å². The van der Waals surface area contributed by atoms with Crippen molar-refractivity contribution in [3.63, 3.8) is 0 Å². The summed E-state index contributed by atoms with van der Waals surface area (Å²) in [5, 5.41) is 13.6. The Morgan fingerprint density at radius 2 is 2.00 bits per heavy atom. The number of H-pyrrole nitrogens is 1. The topological polar surface area (TPSA) is 65.1 Å². The van der Waals surface area contributed by atoms with Crippen molar-refractivity contribution in [2.45, 2.75) is 38.8 Å². The lowest BCUT2D eigenvalue weighted by Crippen LogP contribution is -2.48. The van der Waals surface area contributed by atoms with Crippen molar-refractivity contribution in [2.24, 2.45) is 0 Å². The van der Waals surface area contributed by atoms with Crippen molar-refractivity contribution in [1.29, 1.82) is 0 Å². The first-order valence-corrected chi connectivity index (χ1v) is 6.42. The highest BCUT2D eigenvalue weighted by molar-refractivity contribution is 5.85. The minimum atomic E-state index is -0.819. The summed E-state index contributed by atoms with van der Waals surface area (Å²) in [6.45, 7) is 5.91. The van der Waals surface area contributed by atoms with Crippen LogP contribution < -0.4 is 5.32 Å². The Hall–Kier alpha value is -1.52. The van der Waals surface area contributed by atoms with Gasteiger partial charge in [0.1, 0.15) is 6.04 Å². The fourth-order valence-electron chi connectivity index (χ4n) is 2.24. The quantitative estimate of drug-likeness (QED) is 0.813. The molecule has 1 atom stereocenters. The third kappa shape index (κ3) is 3.99. The van der Waals surface area contributed by atoms with Gasteiger partial charge in [0.25, 0.3) is 0 Å². The SMILES string of the molecule is CC(C)(C)NC(Cc1c[nH]c2ccccc12)C(=O)O.Cl. The highest BCUT2D eigenvalue weighted by atomic mass is 35.5. The van der Waals surface area contributed by atoms with Crippen LogP contribution in [0.4, 0.5) is 0 Å². The van der Waals surface area contributed by atoms with E-state index >= 15 is 0 Å². The summed E-state index contributed by atoms with van der Waals surface area (Å²) in [6.07, 6.45) is 2.36. The minimum absolute atomic E-state index is 0. The van der Waals surface area contributed by atoms with Gasteiger partial charge < -0.3 is 10.1 Å². The third-order valence-corrected chi connectivity index (χ3v) is 3.00. The third-order valence-electron chi connectivity index (χ3n) is 3.00. The molecule has 1 aromatic carbocycles. The molecule has 0 aliphatic rings. The van der Waals surface area contributed by atoms with Crippen LogP contribution in [0.3, 0.4) is 0 Å². The Labute approximate surface area is 125 Å². The van der Waals surface area contributed by atoms with E-state index in [4.69, 9.17) is 0 Å². The van der Waals surface area contributed by atoms with Crippen molar-refractivity contribution >= 4 is 29.3 Å². The predicted molar refractivity (Wildman–Crippen MR) is 83.6 cm³/mol. The number of aromatic nitrogens is 1. The van der Waals surface area contributed by atoms with Crippen LogP contribution in [0.1, 0.15) is 26.3 Å². The number of carboxylic acids is 1. The number of halogens is 1. The Bertz CT molecular complexity index is 587. The zero-order valence-electron chi connectivity index (χ0n) is 11.9. The van der Waals surface area contributed by atoms with Crippen LogP contribution >= 0.6 is 12.4 Å². The number of aromatic amines is 1. The molecule has 0 fully saturated rings. The van der Waals surface area contributed by atoms with Gasteiger partial charge in [-0.25, -0.2) is 0 Å². The number of aliphatic carboxylic acids is 1. The van der Waals surface area contributed by atoms with Gasteiger partial charge in [-0.05, 0) is 32.4 Å². The molecule has 0 amide bonds. The summed E-state index contributed by atoms with van der Waals surface area (Å²) >= 11 is 0. The highest BCUT2D eigenvalue weighted by Gasteiger charge is 2.24. The number of fused-ring (bicyclic) bond motifs is 1. The minimum Gasteiger partial charge on any atom is -0.480 e. The molecule has 0 radical (unpaired) electrons. The van der Waals surface area contributed by atoms with Gasteiger partial charge in [0.2, 0.25) is 0 Å². The zero-order valence-corrected chi connectivity index (χ0v) is 12.8. The molecule has 1 heterocycles. The van der Waals surface area contributed by atoms with E-state index in [1.807, 2.05) is 51.2 Å². The van der Waals surface area contributed by atoms with Crippen LogP contribution in [0.15, 0.2) is 30.5 Å². The Balaban J connectivity index is 0.00000200. The van der Waals surface area contributed by atoms with Gasteiger partial charge in [0.05, 0.1) is 0 Å². The van der Waals surface area contributed by atoms with Gasteiger partial charge in [0.15, 0.2) is 0 Å². The monoisotopic (exact) mass is 296 g/mol. The van der Waals surface area contributed by atoms with Crippen molar-refractivity contribution in [2.75, 3.05) is 0 Å². The van der Waals surface area contributed by atoms with E-state index in [-0.39, 0.29) is 17.9 Å². The van der Waals surface area contributed by atoms with Crippen LogP contribution in [0.2, 0.25) is 0 Å². The van der Waals surface area contributed by atoms with E-state index in [1.165, 1.54) is 0 Å². The number of hydrogen-bond acceptors (Lipinski definition) is 2. The Morgan fingerprint density at radius 1 is 1.35 bits per heavy atom.